The third-order valence-electron chi connectivity index (χ3n) is 2.92. The van der Waals surface area contributed by atoms with Gasteiger partial charge in [-0.25, -0.2) is 0 Å². The molecule has 0 aromatic carbocycles. The number of hydrogen-bond acceptors (Lipinski definition) is 2. The fourth-order valence-electron chi connectivity index (χ4n) is 1.99. The predicted molar refractivity (Wildman–Crippen MR) is 61.9 cm³/mol. The fraction of sp³-hybridized carbons (Fsp3) is 1.00. The van der Waals surface area contributed by atoms with E-state index in [2.05, 4.69) is 0 Å². The first-order valence-electron chi connectivity index (χ1n) is 5.88. The molecule has 0 N–H and O–H groups in total. The monoisotopic (exact) mass is 234 g/mol. The van der Waals surface area contributed by atoms with Crippen molar-refractivity contribution < 1.29 is 8.42 Å². The third-order valence-corrected chi connectivity index (χ3v) is 5.11. The summed E-state index contributed by atoms with van der Waals surface area (Å²) in [6, 6.07) is 0. The van der Waals surface area contributed by atoms with Crippen LogP contribution in [0.1, 0.15) is 39.5 Å². The van der Waals surface area contributed by atoms with Crippen LogP contribution < -0.4 is 0 Å². The van der Waals surface area contributed by atoms with Gasteiger partial charge >= 0.3 is 0 Å². The molecule has 0 atom stereocenters. The van der Waals surface area contributed by atoms with E-state index in [1.165, 1.54) is 0 Å². The van der Waals surface area contributed by atoms with Crippen LogP contribution in [0.2, 0.25) is 0 Å². The second-order valence-corrected chi connectivity index (χ2v) is 5.83. The highest BCUT2D eigenvalue weighted by Crippen LogP contribution is 2.15. The van der Waals surface area contributed by atoms with Gasteiger partial charge in [0.2, 0.25) is 0 Å². The van der Waals surface area contributed by atoms with Gasteiger partial charge in [0.05, 0.1) is 0 Å². The Kier molecular flexibility index (Phi) is 5.02. The maximum absolute atomic E-state index is 12.2. The van der Waals surface area contributed by atoms with Crippen LogP contribution in [-0.2, 0) is 10.2 Å². The van der Waals surface area contributed by atoms with Crippen LogP contribution in [0.25, 0.3) is 0 Å². The molecule has 1 aliphatic heterocycles. The highest BCUT2D eigenvalue weighted by molar-refractivity contribution is 7.86. The first kappa shape index (κ1) is 12.9. The Hall–Kier alpha value is -0.130. The zero-order chi connectivity index (χ0) is 11.3. The highest BCUT2D eigenvalue weighted by Gasteiger charge is 2.27. The molecule has 0 amide bonds. The lowest BCUT2D eigenvalue weighted by Crippen LogP contribution is -2.44. The Morgan fingerprint density at radius 2 is 1.47 bits per heavy atom. The average molecular weight is 234 g/mol. The van der Waals surface area contributed by atoms with Crippen molar-refractivity contribution in [2.45, 2.75) is 39.5 Å². The SMILES string of the molecule is CCN(CC)S(=O)(=O)N1CCCCCC1. The minimum Gasteiger partial charge on any atom is -0.195 e. The van der Waals surface area contributed by atoms with Crippen molar-refractivity contribution in [3.8, 4) is 0 Å². The van der Waals surface area contributed by atoms with Gasteiger partial charge in [0.15, 0.2) is 0 Å². The summed E-state index contributed by atoms with van der Waals surface area (Å²) < 4.78 is 27.5. The molecule has 0 bridgehead atoms. The normalized spacial score (nSPS) is 20.5. The van der Waals surface area contributed by atoms with Crippen LogP contribution >= 0.6 is 0 Å². The topological polar surface area (TPSA) is 40.6 Å². The maximum atomic E-state index is 12.2. The van der Waals surface area contributed by atoms with E-state index >= 15 is 0 Å². The number of hydrogen-bond donors (Lipinski definition) is 0. The molecule has 0 aromatic rings. The molecule has 1 rings (SSSR count). The molecule has 0 aromatic heterocycles. The molecule has 1 heterocycles. The number of nitrogens with zero attached hydrogens (tertiary/aromatic N) is 2. The van der Waals surface area contributed by atoms with Gasteiger partial charge in [0, 0.05) is 26.2 Å². The van der Waals surface area contributed by atoms with Gasteiger partial charge in [-0.05, 0) is 12.8 Å². The molecule has 0 aliphatic carbocycles. The summed E-state index contributed by atoms with van der Waals surface area (Å²) in [6.07, 6.45) is 4.32. The first-order valence-corrected chi connectivity index (χ1v) is 7.27. The highest BCUT2D eigenvalue weighted by atomic mass is 32.2. The molecule has 0 saturated carbocycles. The second-order valence-electron chi connectivity index (χ2n) is 3.91. The van der Waals surface area contributed by atoms with Gasteiger partial charge in [-0.2, -0.15) is 17.0 Å². The predicted octanol–water partition coefficient (Wildman–Crippen LogP) is 1.45. The minimum absolute atomic E-state index is 0.565. The van der Waals surface area contributed by atoms with Gasteiger partial charge in [0.1, 0.15) is 0 Å². The smallest absolute Gasteiger partial charge is 0.195 e. The van der Waals surface area contributed by atoms with E-state index in [0.29, 0.717) is 26.2 Å². The molecule has 4 nitrogen and oxygen atoms in total. The summed E-state index contributed by atoms with van der Waals surface area (Å²) >= 11 is 0. The summed E-state index contributed by atoms with van der Waals surface area (Å²) in [5, 5.41) is 0. The van der Waals surface area contributed by atoms with Crippen molar-refractivity contribution >= 4 is 10.2 Å². The molecule has 0 spiro atoms. The summed E-state index contributed by atoms with van der Waals surface area (Å²) in [5.74, 6) is 0. The van der Waals surface area contributed by atoms with Gasteiger partial charge in [0.25, 0.3) is 10.2 Å². The van der Waals surface area contributed by atoms with Crippen molar-refractivity contribution in [2.24, 2.45) is 0 Å². The van der Waals surface area contributed by atoms with E-state index in [4.69, 9.17) is 0 Å². The molecule has 1 fully saturated rings. The van der Waals surface area contributed by atoms with E-state index in [9.17, 15) is 8.42 Å². The minimum atomic E-state index is -3.18. The zero-order valence-corrected chi connectivity index (χ0v) is 10.6. The average Bonchev–Trinajstić information content (AvgIpc) is 2.47. The van der Waals surface area contributed by atoms with Gasteiger partial charge in [-0.3, -0.25) is 0 Å². The molecule has 0 unspecified atom stereocenters. The maximum Gasteiger partial charge on any atom is 0.281 e. The Morgan fingerprint density at radius 3 is 1.87 bits per heavy atom. The van der Waals surface area contributed by atoms with Crippen LogP contribution in [0.3, 0.4) is 0 Å². The molecule has 90 valence electrons. The Bertz CT molecular complexity index is 265. The summed E-state index contributed by atoms with van der Waals surface area (Å²) in [6.45, 7) is 6.29. The van der Waals surface area contributed by atoms with Crippen molar-refractivity contribution in [3.63, 3.8) is 0 Å². The summed E-state index contributed by atoms with van der Waals surface area (Å²) in [4.78, 5) is 0. The Balaban J connectivity index is 2.73. The zero-order valence-electron chi connectivity index (χ0n) is 9.78. The molecular formula is C10H22N2O2S. The lowest BCUT2D eigenvalue weighted by Gasteiger charge is -2.27. The van der Waals surface area contributed by atoms with Crippen LogP contribution in [0.4, 0.5) is 0 Å². The Morgan fingerprint density at radius 1 is 1.00 bits per heavy atom. The molecule has 1 saturated heterocycles. The largest absolute Gasteiger partial charge is 0.281 e. The van der Waals surface area contributed by atoms with Crippen molar-refractivity contribution in [2.75, 3.05) is 26.2 Å². The van der Waals surface area contributed by atoms with E-state index in [1.807, 2.05) is 13.8 Å². The second kappa shape index (κ2) is 5.82. The summed E-state index contributed by atoms with van der Waals surface area (Å²) in [5.41, 5.74) is 0. The van der Waals surface area contributed by atoms with Crippen molar-refractivity contribution in [1.82, 2.24) is 8.61 Å². The molecule has 0 radical (unpaired) electrons. The van der Waals surface area contributed by atoms with Gasteiger partial charge in [-0.15, -0.1) is 0 Å². The van der Waals surface area contributed by atoms with Crippen LogP contribution in [-0.4, -0.2) is 43.2 Å². The van der Waals surface area contributed by atoms with Crippen LogP contribution in [0, 0.1) is 0 Å². The Labute approximate surface area is 93.4 Å². The van der Waals surface area contributed by atoms with E-state index < -0.39 is 10.2 Å². The fourth-order valence-corrected chi connectivity index (χ4v) is 3.68. The van der Waals surface area contributed by atoms with E-state index in [1.54, 1.807) is 8.61 Å². The molecular weight excluding hydrogens is 212 g/mol. The van der Waals surface area contributed by atoms with Crippen LogP contribution in [0.5, 0.6) is 0 Å². The van der Waals surface area contributed by atoms with Crippen molar-refractivity contribution in [1.29, 1.82) is 0 Å². The number of rotatable bonds is 4. The van der Waals surface area contributed by atoms with Crippen molar-refractivity contribution in [3.05, 3.63) is 0 Å². The van der Waals surface area contributed by atoms with Gasteiger partial charge < -0.3 is 0 Å². The third kappa shape index (κ3) is 3.16. The quantitative estimate of drug-likeness (QED) is 0.738. The lowest BCUT2D eigenvalue weighted by molar-refractivity contribution is 0.354. The lowest BCUT2D eigenvalue weighted by atomic mass is 10.2. The molecule has 15 heavy (non-hydrogen) atoms. The molecule has 5 heteroatoms. The van der Waals surface area contributed by atoms with Crippen LogP contribution in [0.15, 0.2) is 0 Å². The standard InChI is InChI=1S/C10H22N2O2S/c1-3-11(4-2)15(13,14)12-9-7-5-6-8-10-12/h3-10H2,1-2H3. The van der Waals surface area contributed by atoms with E-state index in [0.717, 1.165) is 25.7 Å². The first-order chi connectivity index (χ1) is 7.12. The van der Waals surface area contributed by atoms with Gasteiger partial charge in [-0.1, -0.05) is 26.7 Å². The summed E-state index contributed by atoms with van der Waals surface area (Å²) in [7, 11) is -3.18. The van der Waals surface area contributed by atoms with E-state index in [-0.39, 0.29) is 0 Å². The molecule has 1 aliphatic rings.